The minimum atomic E-state index is 0.349. The molecule has 0 bridgehead atoms. The lowest BCUT2D eigenvalue weighted by atomic mass is 10.1. The van der Waals surface area contributed by atoms with E-state index in [1.807, 2.05) is 18.2 Å². The third kappa shape index (κ3) is 1.71. The first-order valence-corrected chi connectivity index (χ1v) is 4.62. The fourth-order valence-corrected chi connectivity index (χ4v) is 1.47. The molecule has 0 saturated carbocycles. The van der Waals surface area contributed by atoms with Crippen molar-refractivity contribution in [3.63, 3.8) is 0 Å². The maximum absolute atomic E-state index is 5.56. The predicted octanol–water partition coefficient (Wildman–Crippen LogP) is 1.81. The Morgan fingerprint density at radius 2 is 2.33 bits per heavy atom. The Morgan fingerprint density at radius 3 is 3.07 bits per heavy atom. The molecule has 0 spiro atoms. The first-order chi connectivity index (χ1) is 7.36. The molecule has 78 valence electrons. The first kappa shape index (κ1) is 9.73. The summed E-state index contributed by atoms with van der Waals surface area (Å²) in [6.07, 6.45) is 3.32. The van der Waals surface area contributed by atoms with Crippen LogP contribution in [0.15, 0.2) is 35.1 Å². The van der Waals surface area contributed by atoms with E-state index < -0.39 is 0 Å². The lowest BCUT2D eigenvalue weighted by Gasteiger charge is -2.05. The van der Waals surface area contributed by atoms with E-state index in [0.717, 1.165) is 11.3 Å². The van der Waals surface area contributed by atoms with Gasteiger partial charge in [0.25, 0.3) is 0 Å². The van der Waals surface area contributed by atoms with Crippen molar-refractivity contribution < 1.29 is 9.15 Å². The number of hydrogen-bond donors (Lipinski definition) is 1. The second-order valence-electron chi connectivity index (χ2n) is 3.02. The van der Waals surface area contributed by atoms with E-state index in [2.05, 4.69) is 4.98 Å². The molecule has 2 rings (SSSR count). The van der Waals surface area contributed by atoms with E-state index in [-0.39, 0.29) is 0 Å². The van der Waals surface area contributed by atoms with Crippen LogP contribution in [0.3, 0.4) is 0 Å². The molecule has 0 radical (unpaired) electrons. The van der Waals surface area contributed by atoms with E-state index in [1.165, 1.54) is 0 Å². The average molecular weight is 204 g/mol. The van der Waals surface area contributed by atoms with Crippen LogP contribution in [0.1, 0.15) is 5.76 Å². The number of rotatable bonds is 3. The van der Waals surface area contributed by atoms with Gasteiger partial charge in [0.2, 0.25) is 0 Å². The van der Waals surface area contributed by atoms with Crippen molar-refractivity contribution in [2.45, 2.75) is 6.54 Å². The van der Waals surface area contributed by atoms with Crippen LogP contribution in [-0.2, 0) is 6.54 Å². The van der Waals surface area contributed by atoms with Gasteiger partial charge in [-0.2, -0.15) is 0 Å². The number of pyridine rings is 1. The van der Waals surface area contributed by atoms with Crippen LogP contribution in [0.5, 0.6) is 5.75 Å². The minimum absolute atomic E-state index is 0.349. The number of hydrogen-bond acceptors (Lipinski definition) is 4. The lowest BCUT2D eigenvalue weighted by Crippen LogP contribution is -1.98. The first-order valence-electron chi connectivity index (χ1n) is 4.62. The van der Waals surface area contributed by atoms with E-state index in [9.17, 15) is 0 Å². The van der Waals surface area contributed by atoms with Crippen LogP contribution in [0.2, 0.25) is 0 Å². The van der Waals surface area contributed by atoms with Crippen molar-refractivity contribution in [2.75, 3.05) is 7.11 Å². The van der Waals surface area contributed by atoms with Gasteiger partial charge in [-0.1, -0.05) is 0 Å². The molecule has 15 heavy (non-hydrogen) atoms. The molecule has 0 saturated heterocycles. The molecule has 0 aliphatic carbocycles. The summed E-state index contributed by atoms with van der Waals surface area (Å²) in [7, 11) is 1.61. The van der Waals surface area contributed by atoms with Gasteiger partial charge in [-0.05, 0) is 18.2 Å². The molecule has 0 aliphatic rings. The highest BCUT2D eigenvalue weighted by Gasteiger charge is 2.12. The molecular weight excluding hydrogens is 192 g/mol. The maximum atomic E-state index is 5.56. The summed E-state index contributed by atoms with van der Waals surface area (Å²) >= 11 is 0. The maximum Gasteiger partial charge on any atom is 0.145 e. The van der Waals surface area contributed by atoms with Gasteiger partial charge in [0.05, 0.1) is 19.9 Å². The van der Waals surface area contributed by atoms with Gasteiger partial charge >= 0.3 is 0 Å². The molecule has 0 unspecified atom stereocenters. The number of aromatic nitrogens is 1. The SMILES string of the molecule is COc1cccnc1-c1ccoc1CN. The van der Waals surface area contributed by atoms with Crippen LogP contribution in [0.25, 0.3) is 11.3 Å². The zero-order valence-corrected chi connectivity index (χ0v) is 8.43. The second kappa shape index (κ2) is 4.14. The summed E-state index contributed by atoms with van der Waals surface area (Å²) in [6.45, 7) is 0.349. The van der Waals surface area contributed by atoms with Gasteiger partial charge in [0.15, 0.2) is 0 Å². The van der Waals surface area contributed by atoms with Crippen molar-refractivity contribution in [3.05, 3.63) is 36.4 Å². The number of nitrogens with two attached hydrogens (primary N) is 1. The summed E-state index contributed by atoms with van der Waals surface area (Å²) in [5.41, 5.74) is 7.20. The molecule has 0 fully saturated rings. The molecular formula is C11H12N2O2. The van der Waals surface area contributed by atoms with Crippen molar-refractivity contribution in [3.8, 4) is 17.0 Å². The third-order valence-corrected chi connectivity index (χ3v) is 2.18. The van der Waals surface area contributed by atoms with Gasteiger partial charge in [0, 0.05) is 11.8 Å². The van der Waals surface area contributed by atoms with Crippen molar-refractivity contribution in [1.29, 1.82) is 0 Å². The van der Waals surface area contributed by atoms with Gasteiger partial charge in [-0.25, -0.2) is 0 Å². The fourth-order valence-electron chi connectivity index (χ4n) is 1.47. The largest absolute Gasteiger partial charge is 0.494 e. The molecule has 0 atom stereocenters. The van der Waals surface area contributed by atoms with Gasteiger partial charge in [-0.3, -0.25) is 4.98 Å². The highest BCUT2D eigenvalue weighted by molar-refractivity contribution is 5.67. The number of nitrogens with zero attached hydrogens (tertiary/aromatic N) is 1. The fraction of sp³-hybridized carbons (Fsp3) is 0.182. The van der Waals surface area contributed by atoms with Gasteiger partial charge in [-0.15, -0.1) is 0 Å². The number of methoxy groups -OCH3 is 1. The lowest BCUT2D eigenvalue weighted by molar-refractivity contribution is 0.414. The monoisotopic (exact) mass is 204 g/mol. The van der Waals surface area contributed by atoms with E-state index in [1.54, 1.807) is 19.6 Å². The summed E-state index contributed by atoms with van der Waals surface area (Å²) in [5, 5.41) is 0. The van der Waals surface area contributed by atoms with Crippen LogP contribution >= 0.6 is 0 Å². The van der Waals surface area contributed by atoms with E-state index >= 15 is 0 Å². The quantitative estimate of drug-likeness (QED) is 0.828. The molecule has 2 aromatic heterocycles. The minimum Gasteiger partial charge on any atom is -0.494 e. The highest BCUT2D eigenvalue weighted by Crippen LogP contribution is 2.30. The van der Waals surface area contributed by atoms with Crippen LogP contribution in [-0.4, -0.2) is 12.1 Å². The number of furan rings is 1. The Labute approximate surface area is 87.7 Å². The summed E-state index contributed by atoms with van der Waals surface area (Å²) in [6, 6.07) is 5.52. The summed E-state index contributed by atoms with van der Waals surface area (Å²) in [4.78, 5) is 4.26. The third-order valence-electron chi connectivity index (χ3n) is 2.18. The zero-order valence-electron chi connectivity index (χ0n) is 8.43. The van der Waals surface area contributed by atoms with Crippen LogP contribution in [0, 0.1) is 0 Å². The number of ether oxygens (including phenoxy) is 1. The Balaban J connectivity index is 2.53. The Bertz CT molecular complexity index is 451. The molecule has 2 N–H and O–H groups in total. The molecule has 2 aromatic rings. The van der Waals surface area contributed by atoms with Crippen molar-refractivity contribution in [1.82, 2.24) is 4.98 Å². The molecule has 0 amide bonds. The Kier molecular flexibility index (Phi) is 2.69. The molecule has 0 aliphatic heterocycles. The van der Waals surface area contributed by atoms with Crippen LogP contribution < -0.4 is 10.5 Å². The van der Waals surface area contributed by atoms with Crippen LogP contribution in [0.4, 0.5) is 0 Å². The van der Waals surface area contributed by atoms with Crippen molar-refractivity contribution in [2.24, 2.45) is 5.73 Å². The van der Waals surface area contributed by atoms with E-state index in [0.29, 0.717) is 18.1 Å². The Hall–Kier alpha value is -1.81. The molecule has 2 heterocycles. The zero-order chi connectivity index (χ0) is 10.7. The second-order valence-corrected chi connectivity index (χ2v) is 3.02. The van der Waals surface area contributed by atoms with Gasteiger partial charge < -0.3 is 14.9 Å². The molecule has 4 nitrogen and oxygen atoms in total. The normalized spacial score (nSPS) is 10.3. The standard InChI is InChI=1S/C11H12N2O2/c1-14-9-3-2-5-13-11(9)8-4-6-15-10(8)7-12/h2-6H,7,12H2,1H3. The summed E-state index contributed by atoms with van der Waals surface area (Å²) in [5.74, 6) is 1.43. The topological polar surface area (TPSA) is 61.3 Å². The molecule has 4 heteroatoms. The summed E-state index contributed by atoms with van der Waals surface area (Å²) < 4.78 is 10.5. The average Bonchev–Trinajstić information content (AvgIpc) is 2.76. The van der Waals surface area contributed by atoms with Crippen molar-refractivity contribution >= 4 is 0 Å². The smallest absolute Gasteiger partial charge is 0.145 e. The Morgan fingerprint density at radius 1 is 1.47 bits per heavy atom. The highest BCUT2D eigenvalue weighted by atomic mass is 16.5. The molecule has 0 aromatic carbocycles. The van der Waals surface area contributed by atoms with Gasteiger partial charge in [0.1, 0.15) is 17.2 Å². The van der Waals surface area contributed by atoms with E-state index in [4.69, 9.17) is 14.9 Å². The predicted molar refractivity (Wildman–Crippen MR) is 56.4 cm³/mol.